The van der Waals surface area contributed by atoms with E-state index in [2.05, 4.69) is 22.0 Å². The van der Waals surface area contributed by atoms with E-state index in [1.165, 1.54) is 0 Å². The maximum atomic E-state index is 11.7. The summed E-state index contributed by atoms with van der Waals surface area (Å²) < 4.78 is 1.64. The fourth-order valence-electron chi connectivity index (χ4n) is 3.03. The molecule has 23 heavy (non-hydrogen) atoms. The number of rotatable bonds is 7. The number of pyridine rings is 1. The molecule has 0 aliphatic heterocycles. The largest absolute Gasteiger partial charge is 0.477 e. The number of aromatic carboxylic acids is 1. The van der Waals surface area contributed by atoms with Crippen LogP contribution in [0.4, 0.5) is 0 Å². The lowest BCUT2D eigenvalue weighted by Gasteiger charge is -2.14. The molecule has 2 aromatic rings. The van der Waals surface area contributed by atoms with E-state index in [1.807, 2.05) is 12.3 Å². The van der Waals surface area contributed by atoms with Crippen LogP contribution in [0.1, 0.15) is 28.0 Å². The van der Waals surface area contributed by atoms with E-state index in [0.29, 0.717) is 18.7 Å². The van der Waals surface area contributed by atoms with E-state index >= 15 is 0 Å². The molecule has 0 unspecified atom stereocenters. The highest BCUT2D eigenvalue weighted by Gasteiger charge is 2.27. The number of nitrogens with one attached hydrogen (secondary N) is 1. The summed E-state index contributed by atoms with van der Waals surface area (Å²) >= 11 is 0. The molecule has 0 amide bonds. The predicted octanol–water partition coefficient (Wildman–Crippen LogP) is 1.91. The Balaban J connectivity index is 1.88. The van der Waals surface area contributed by atoms with Crippen LogP contribution in [0.25, 0.3) is 11.3 Å². The van der Waals surface area contributed by atoms with Gasteiger partial charge in [0.05, 0.1) is 5.69 Å². The second kappa shape index (κ2) is 6.75. The van der Waals surface area contributed by atoms with E-state index in [4.69, 9.17) is 0 Å². The molecule has 1 aliphatic carbocycles. The molecule has 1 aliphatic rings. The zero-order chi connectivity index (χ0) is 16.2. The Morgan fingerprint density at radius 2 is 2.35 bits per heavy atom. The van der Waals surface area contributed by atoms with Crippen LogP contribution in [-0.2, 0) is 19.4 Å². The fraction of sp³-hybridized carbons (Fsp3) is 0.353. The van der Waals surface area contributed by atoms with Gasteiger partial charge in [0.1, 0.15) is 5.69 Å². The van der Waals surface area contributed by atoms with Crippen molar-refractivity contribution in [1.82, 2.24) is 20.1 Å². The van der Waals surface area contributed by atoms with Crippen molar-refractivity contribution in [2.24, 2.45) is 0 Å². The number of hydrogen-bond donors (Lipinski definition) is 2. The summed E-state index contributed by atoms with van der Waals surface area (Å²) in [6.07, 6.45) is 7.70. The van der Waals surface area contributed by atoms with Gasteiger partial charge in [-0.2, -0.15) is 5.10 Å². The van der Waals surface area contributed by atoms with Crippen LogP contribution in [0, 0.1) is 0 Å². The summed E-state index contributed by atoms with van der Waals surface area (Å²) in [4.78, 5) is 15.8. The molecule has 0 aromatic carbocycles. The van der Waals surface area contributed by atoms with Crippen molar-refractivity contribution in [2.75, 3.05) is 13.1 Å². The van der Waals surface area contributed by atoms with Crippen LogP contribution in [-0.4, -0.2) is 38.9 Å². The SMILES string of the molecule is C=CCNCCCn1nc2c(c1C(=O)O)CCc1cnccc1-2. The Morgan fingerprint density at radius 1 is 1.48 bits per heavy atom. The zero-order valence-electron chi connectivity index (χ0n) is 13.0. The van der Waals surface area contributed by atoms with Crippen molar-refractivity contribution < 1.29 is 9.90 Å². The molecule has 2 aromatic heterocycles. The van der Waals surface area contributed by atoms with Gasteiger partial charge >= 0.3 is 5.97 Å². The minimum atomic E-state index is -0.907. The molecule has 0 radical (unpaired) electrons. The summed E-state index contributed by atoms with van der Waals surface area (Å²) in [7, 11) is 0. The summed E-state index contributed by atoms with van der Waals surface area (Å²) in [5.74, 6) is -0.907. The van der Waals surface area contributed by atoms with Crippen LogP contribution in [0.5, 0.6) is 0 Å². The third-order valence-electron chi connectivity index (χ3n) is 4.07. The number of nitrogens with zero attached hydrogens (tertiary/aromatic N) is 3. The van der Waals surface area contributed by atoms with Gasteiger partial charge in [0.15, 0.2) is 0 Å². The lowest BCUT2D eigenvalue weighted by atomic mass is 9.90. The van der Waals surface area contributed by atoms with Crippen molar-refractivity contribution in [3.05, 3.63) is 47.9 Å². The van der Waals surface area contributed by atoms with Gasteiger partial charge in [0.2, 0.25) is 0 Å². The fourth-order valence-corrected chi connectivity index (χ4v) is 3.03. The van der Waals surface area contributed by atoms with E-state index in [1.54, 1.807) is 17.0 Å². The first-order valence-corrected chi connectivity index (χ1v) is 7.80. The van der Waals surface area contributed by atoms with Crippen LogP contribution >= 0.6 is 0 Å². The summed E-state index contributed by atoms with van der Waals surface area (Å²) in [6, 6.07) is 1.92. The highest BCUT2D eigenvalue weighted by atomic mass is 16.4. The molecule has 0 spiro atoms. The highest BCUT2D eigenvalue weighted by molar-refractivity contribution is 5.90. The molecular formula is C17H20N4O2. The highest BCUT2D eigenvalue weighted by Crippen LogP contribution is 2.34. The number of aromatic nitrogens is 3. The molecule has 6 nitrogen and oxygen atoms in total. The van der Waals surface area contributed by atoms with Gasteiger partial charge in [-0.15, -0.1) is 6.58 Å². The van der Waals surface area contributed by atoms with E-state index in [9.17, 15) is 9.90 Å². The van der Waals surface area contributed by atoms with Crippen LogP contribution < -0.4 is 5.32 Å². The van der Waals surface area contributed by atoms with Gasteiger partial charge in [-0.3, -0.25) is 9.67 Å². The second-order valence-electron chi connectivity index (χ2n) is 5.58. The molecule has 0 saturated heterocycles. The molecule has 2 N–H and O–H groups in total. The van der Waals surface area contributed by atoms with Crippen molar-refractivity contribution in [3.63, 3.8) is 0 Å². The molecule has 2 heterocycles. The zero-order valence-corrected chi connectivity index (χ0v) is 13.0. The third kappa shape index (κ3) is 3.03. The van der Waals surface area contributed by atoms with E-state index in [-0.39, 0.29) is 0 Å². The number of aryl methyl sites for hydroxylation is 2. The maximum absolute atomic E-state index is 11.7. The number of carboxylic acids is 1. The number of carboxylic acid groups (broad SMARTS) is 1. The van der Waals surface area contributed by atoms with Gasteiger partial charge in [0.25, 0.3) is 0 Å². The monoisotopic (exact) mass is 312 g/mol. The topological polar surface area (TPSA) is 80.0 Å². The quantitative estimate of drug-likeness (QED) is 0.603. The number of fused-ring (bicyclic) bond motifs is 3. The Labute approximate surface area is 134 Å². The smallest absolute Gasteiger partial charge is 0.354 e. The Morgan fingerprint density at radius 3 is 3.13 bits per heavy atom. The molecule has 3 rings (SSSR count). The lowest BCUT2D eigenvalue weighted by Crippen LogP contribution is -2.19. The maximum Gasteiger partial charge on any atom is 0.354 e. The first-order valence-electron chi connectivity index (χ1n) is 7.80. The standard InChI is InChI=1S/C17H20N4O2/c1-2-7-18-8-3-10-21-16(17(22)23)14-5-4-12-11-19-9-6-13(12)15(14)20-21/h2,6,9,11,18H,1,3-5,7-8,10H2,(H,22,23). The van der Waals surface area contributed by atoms with Gasteiger partial charge in [-0.1, -0.05) is 6.08 Å². The average molecular weight is 312 g/mol. The first kappa shape index (κ1) is 15.4. The third-order valence-corrected chi connectivity index (χ3v) is 4.07. The number of hydrogen-bond acceptors (Lipinski definition) is 4. The summed E-state index contributed by atoms with van der Waals surface area (Å²) in [6.45, 7) is 5.79. The van der Waals surface area contributed by atoms with Gasteiger partial charge in [0, 0.05) is 36.6 Å². The predicted molar refractivity (Wildman–Crippen MR) is 87.5 cm³/mol. The van der Waals surface area contributed by atoms with E-state index in [0.717, 1.165) is 48.3 Å². The van der Waals surface area contributed by atoms with Crippen molar-refractivity contribution >= 4 is 5.97 Å². The van der Waals surface area contributed by atoms with Gasteiger partial charge in [-0.25, -0.2) is 4.79 Å². The van der Waals surface area contributed by atoms with Crippen molar-refractivity contribution in [3.8, 4) is 11.3 Å². The van der Waals surface area contributed by atoms with Crippen molar-refractivity contribution in [2.45, 2.75) is 25.8 Å². The minimum Gasteiger partial charge on any atom is -0.477 e. The van der Waals surface area contributed by atoms with Gasteiger partial charge in [-0.05, 0) is 37.4 Å². The molecule has 0 fully saturated rings. The molecule has 0 saturated carbocycles. The molecule has 0 bridgehead atoms. The number of carbonyl (C=O) groups is 1. The summed E-state index contributed by atoms with van der Waals surface area (Å²) in [5, 5.41) is 17.4. The second-order valence-corrected chi connectivity index (χ2v) is 5.58. The Bertz CT molecular complexity index is 736. The first-order chi connectivity index (χ1) is 11.2. The normalized spacial score (nSPS) is 12.5. The van der Waals surface area contributed by atoms with Gasteiger partial charge < -0.3 is 10.4 Å². The Hall–Kier alpha value is -2.47. The van der Waals surface area contributed by atoms with Crippen LogP contribution in [0.15, 0.2) is 31.1 Å². The average Bonchev–Trinajstić information content (AvgIpc) is 2.93. The summed E-state index contributed by atoms with van der Waals surface area (Å²) in [5.41, 5.74) is 4.10. The van der Waals surface area contributed by atoms with Crippen LogP contribution in [0.3, 0.4) is 0 Å². The molecule has 6 heteroatoms. The molecule has 0 atom stereocenters. The van der Waals surface area contributed by atoms with E-state index < -0.39 is 5.97 Å². The Kier molecular flexibility index (Phi) is 4.52. The molecule has 120 valence electrons. The minimum absolute atomic E-state index is 0.325. The van der Waals surface area contributed by atoms with Crippen molar-refractivity contribution in [1.29, 1.82) is 0 Å². The van der Waals surface area contributed by atoms with Crippen LogP contribution in [0.2, 0.25) is 0 Å². The molecular weight excluding hydrogens is 292 g/mol. The lowest BCUT2D eigenvalue weighted by molar-refractivity contribution is 0.0681.